The Morgan fingerprint density at radius 3 is 3.18 bits per heavy atom. The van der Waals surface area contributed by atoms with Crippen LogP contribution in [0.3, 0.4) is 0 Å². The fourth-order valence-corrected chi connectivity index (χ4v) is 2.09. The summed E-state index contributed by atoms with van der Waals surface area (Å²) >= 11 is 0. The molecule has 0 aliphatic carbocycles. The molecule has 2 heterocycles. The number of aryl methyl sites for hydroxylation is 1. The number of nitriles is 1. The smallest absolute Gasteiger partial charge is 0.144 e. The van der Waals surface area contributed by atoms with E-state index in [2.05, 4.69) is 21.7 Å². The van der Waals surface area contributed by atoms with Crippen LogP contribution in [0.5, 0.6) is 0 Å². The van der Waals surface area contributed by atoms with E-state index in [4.69, 9.17) is 5.26 Å². The molecule has 17 heavy (non-hydrogen) atoms. The van der Waals surface area contributed by atoms with Gasteiger partial charge in [0.15, 0.2) is 0 Å². The van der Waals surface area contributed by atoms with Crippen molar-refractivity contribution in [3.63, 3.8) is 0 Å². The Bertz CT molecular complexity index is 414. The number of nitrogens with zero attached hydrogens (tertiary/aromatic N) is 2. The summed E-state index contributed by atoms with van der Waals surface area (Å²) in [6.45, 7) is 3.97. The van der Waals surface area contributed by atoms with Crippen LogP contribution in [0, 0.1) is 18.3 Å². The highest BCUT2D eigenvalue weighted by atomic mass is 15.1. The summed E-state index contributed by atoms with van der Waals surface area (Å²) in [5.74, 6) is 0.723. The van der Waals surface area contributed by atoms with Gasteiger partial charge in [0, 0.05) is 18.3 Å². The first-order chi connectivity index (χ1) is 8.29. The third-order valence-electron chi connectivity index (χ3n) is 3.04. The van der Waals surface area contributed by atoms with Gasteiger partial charge in [0.2, 0.25) is 0 Å². The van der Waals surface area contributed by atoms with Gasteiger partial charge < -0.3 is 10.6 Å². The van der Waals surface area contributed by atoms with Crippen LogP contribution in [0.15, 0.2) is 12.1 Å². The first-order valence-electron chi connectivity index (χ1n) is 6.14. The molecule has 0 radical (unpaired) electrons. The van der Waals surface area contributed by atoms with E-state index in [-0.39, 0.29) is 0 Å². The quantitative estimate of drug-likeness (QED) is 0.813. The highest BCUT2D eigenvalue weighted by Gasteiger charge is 2.14. The van der Waals surface area contributed by atoms with Crippen LogP contribution >= 0.6 is 0 Å². The highest BCUT2D eigenvalue weighted by molar-refractivity contribution is 5.52. The van der Waals surface area contributed by atoms with Crippen molar-refractivity contribution in [2.75, 3.05) is 18.4 Å². The van der Waals surface area contributed by atoms with Crippen molar-refractivity contribution in [1.82, 2.24) is 10.3 Å². The molecule has 4 nitrogen and oxygen atoms in total. The molecule has 2 N–H and O–H groups in total. The minimum atomic E-state index is 0.374. The summed E-state index contributed by atoms with van der Waals surface area (Å²) in [6.07, 6.45) is 3.58. The van der Waals surface area contributed by atoms with E-state index in [1.54, 1.807) is 0 Å². The van der Waals surface area contributed by atoms with Crippen LogP contribution in [0.25, 0.3) is 0 Å². The fraction of sp³-hybridized carbons (Fsp3) is 0.538. The number of aromatic nitrogens is 1. The molecule has 0 saturated carbocycles. The molecule has 0 spiro atoms. The van der Waals surface area contributed by atoms with E-state index in [0.29, 0.717) is 11.6 Å². The van der Waals surface area contributed by atoms with Gasteiger partial charge in [-0.1, -0.05) is 6.42 Å². The number of hydrogen-bond donors (Lipinski definition) is 2. The van der Waals surface area contributed by atoms with Gasteiger partial charge in [-0.2, -0.15) is 5.26 Å². The van der Waals surface area contributed by atoms with Gasteiger partial charge in [-0.3, -0.25) is 0 Å². The molecule has 1 aliphatic rings. The van der Waals surface area contributed by atoms with Gasteiger partial charge >= 0.3 is 0 Å². The molecule has 1 unspecified atom stereocenters. The molecule has 0 amide bonds. The summed E-state index contributed by atoms with van der Waals surface area (Å²) < 4.78 is 0. The number of anilines is 1. The zero-order valence-electron chi connectivity index (χ0n) is 10.2. The first kappa shape index (κ1) is 11.9. The maximum atomic E-state index is 9.05. The van der Waals surface area contributed by atoms with Crippen molar-refractivity contribution in [2.24, 2.45) is 0 Å². The summed E-state index contributed by atoms with van der Waals surface area (Å²) in [7, 11) is 0. The van der Waals surface area contributed by atoms with E-state index < -0.39 is 0 Å². The molecule has 4 heteroatoms. The van der Waals surface area contributed by atoms with Crippen molar-refractivity contribution in [3.05, 3.63) is 23.4 Å². The lowest BCUT2D eigenvalue weighted by atomic mass is 10.1. The maximum Gasteiger partial charge on any atom is 0.144 e. The lowest BCUT2D eigenvalue weighted by Gasteiger charge is -2.18. The zero-order chi connectivity index (χ0) is 12.1. The van der Waals surface area contributed by atoms with Crippen LogP contribution in [-0.4, -0.2) is 24.1 Å². The van der Waals surface area contributed by atoms with Crippen molar-refractivity contribution in [3.8, 4) is 6.07 Å². The molecule has 1 aromatic rings. The Kier molecular flexibility index (Phi) is 3.94. The van der Waals surface area contributed by atoms with Gasteiger partial charge in [0.25, 0.3) is 0 Å². The van der Waals surface area contributed by atoms with Crippen molar-refractivity contribution in [2.45, 2.75) is 32.2 Å². The topological polar surface area (TPSA) is 60.7 Å². The SMILES string of the molecule is Cc1ccc(C#N)c(NC2CCCCNC2)n1. The predicted molar refractivity (Wildman–Crippen MR) is 67.8 cm³/mol. The molecule has 0 aromatic carbocycles. The van der Waals surface area contributed by atoms with Crippen LogP contribution in [0.2, 0.25) is 0 Å². The normalized spacial score (nSPS) is 20.4. The third kappa shape index (κ3) is 3.18. The molecular weight excluding hydrogens is 212 g/mol. The number of hydrogen-bond acceptors (Lipinski definition) is 4. The van der Waals surface area contributed by atoms with Crippen LogP contribution in [-0.2, 0) is 0 Å². The second kappa shape index (κ2) is 5.65. The Balaban J connectivity index is 2.11. The van der Waals surface area contributed by atoms with Gasteiger partial charge in [0.1, 0.15) is 11.9 Å². The Hall–Kier alpha value is -1.60. The van der Waals surface area contributed by atoms with E-state index in [1.165, 1.54) is 12.8 Å². The second-order valence-electron chi connectivity index (χ2n) is 4.50. The molecule has 1 aliphatic heterocycles. The Morgan fingerprint density at radius 1 is 1.47 bits per heavy atom. The predicted octanol–water partition coefficient (Wildman–Crippen LogP) is 1.82. The number of pyridine rings is 1. The highest BCUT2D eigenvalue weighted by Crippen LogP contribution is 2.16. The molecule has 1 fully saturated rings. The van der Waals surface area contributed by atoms with E-state index in [1.807, 2.05) is 19.1 Å². The zero-order valence-corrected chi connectivity index (χ0v) is 10.2. The van der Waals surface area contributed by atoms with E-state index in [0.717, 1.165) is 31.0 Å². The van der Waals surface area contributed by atoms with Gasteiger partial charge in [-0.05, 0) is 38.4 Å². The maximum absolute atomic E-state index is 9.05. The molecular formula is C13H18N4. The van der Waals surface area contributed by atoms with Gasteiger partial charge in [-0.25, -0.2) is 4.98 Å². The standard InChI is InChI=1S/C13H18N4/c1-10-5-6-11(8-14)13(16-10)17-12-4-2-3-7-15-9-12/h5-6,12,15H,2-4,7,9H2,1H3,(H,16,17). The Labute approximate surface area is 102 Å². The summed E-state index contributed by atoms with van der Waals surface area (Å²) in [5, 5.41) is 15.8. The molecule has 0 bridgehead atoms. The van der Waals surface area contributed by atoms with Gasteiger partial charge in [-0.15, -0.1) is 0 Å². The largest absolute Gasteiger partial charge is 0.365 e. The average molecular weight is 230 g/mol. The molecule has 2 rings (SSSR count). The molecule has 1 aromatic heterocycles. The Morgan fingerprint density at radius 2 is 2.35 bits per heavy atom. The third-order valence-corrected chi connectivity index (χ3v) is 3.04. The van der Waals surface area contributed by atoms with Crippen molar-refractivity contribution < 1.29 is 0 Å². The summed E-state index contributed by atoms with van der Waals surface area (Å²) in [4.78, 5) is 4.41. The summed E-state index contributed by atoms with van der Waals surface area (Å²) in [5.41, 5.74) is 1.56. The van der Waals surface area contributed by atoms with Gasteiger partial charge in [0.05, 0.1) is 5.56 Å². The van der Waals surface area contributed by atoms with Crippen molar-refractivity contribution in [1.29, 1.82) is 5.26 Å². The van der Waals surface area contributed by atoms with E-state index in [9.17, 15) is 0 Å². The first-order valence-corrected chi connectivity index (χ1v) is 6.14. The van der Waals surface area contributed by atoms with Crippen LogP contribution in [0.1, 0.15) is 30.5 Å². The minimum absolute atomic E-state index is 0.374. The number of nitrogens with one attached hydrogen (secondary N) is 2. The van der Waals surface area contributed by atoms with Crippen LogP contribution in [0.4, 0.5) is 5.82 Å². The minimum Gasteiger partial charge on any atom is -0.365 e. The lowest BCUT2D eigenvalue weighted by Crippen LogP contribution is -2.31. The summed E-state index contributed by atoms with van der Waals surface area (Å²) in [6, 6.07) is 6.25. The average Bonchev–Trinajstić information content (AvgIpc) is 2.58. The molecule has 1 atom stereocenters. The lowest BCUT2D eigenvalue weighted by molar-refractivity contribution is 0.633. The monoisotopic (exact) mass is 230 g/mol. The van der Waals surface area contributed by atoms with Crippen LogP contribution < -0.4 is 10.6 Å². The molecule has 1 saturated heterocycles. The number of rotatable bonds is 2. The molecule has 90 valence electrons. The van der Waals surface area contributed by atoms with E-state index >= 15 is 0 Å². The fourth-order valence-electron chi connectivity index (χ4n) is 2.09. The van der Waals surface area contributed by atoms with Crippen molar-refractivity contribution >= 4 is 5.82 Å². The second-order valence-corrected chi connectivity index (χ2v) is 4.50.